The lowest BCUT2D eigenvalue weighted by molar-refractivity contribution is 0.415. The van der Waals surface area contributed by atoms with Gasteiger partial charge in [0.25, 0.3) is 0 Å². The summed E-state index contributed by atoms with van der Waals surface area (Å²) < 4.78 is 8.09. The molecule has 4 aromatic rings. The molecule has 0 atom stereocenters. The van der Waals surface area contributed by atoms with Gasteiger partial charge in [0, 0.05) is 12.1 Å². The summed E-state index contributed by atoms with van der Waals surface area (Å²) in [5, 5.41) is 30.0. The first kappa shape index (κ1) is 21.6. The maximum atomic E-state index is 10.7. The molecule has 2 aromatic carbocycles. The summed E-state index contributed by atoms with van der Waals surface area (Å²) in [4.78, 5) is 4.48. The Morgan fingerprint density at radius 2 is 2.03 bits per heavy atom. The molecular weight excluding hydrogens is 442 g/mol. The molecule has 0 aliphatic heterocycles. The average molecular weight is 462 g/mol. The van der Waals surface area contributed by atoms with E-state index in [9.17, 15) is 10.4 Å². The van der Waals surface area contributed by atoms with E-state index in [1.54, 1.807) is 13.2 Å². The number of benzene rings is 2. The van der Waals surface area contributed by atoms with Crippen molar-refractivity contribution in [3.8, 4) is 23.2 Å². The van der Waals surface area contributed by atoms with Crippen LogP contribution in [0, 0.1) is 11.3 Å². The summed E-state index contributed by atoms with van der Waals surface area (Å²) in [6.45, 7) is 4.33. The number of fused-ring (bicyclic) bond motifs is 1. The lowest BCUT2D eigenvalue weighted by Gasteiger charge is -2.08. The number of hydrogen-bond acceptors (Lipinski definition) is 8. The van der Waals surface area contributed by atoms with E-state index < -0.39 is 0 Å². The van der Waals surface area contributed by atoms with Crippen LogP contribution in [0.25, 0.3) is 27.2 Å². The molecule has 9 heteroatoms. The van der Waals surface area contributed by atoms with Crippen molar-refractivity contribution >= 4 is 38.9 Å². The number of aromatic nitrogens is 4. The van der Waals surface area contributed by atoms with Crippen LogP contribution in [0.5, 0.6) is 5.75 Å². The molecule has 0 aliphatic carbocycles. The van der Waals surface area contributed by atoms with E-state index >= 15 is 0 Å². The number of hydrogen-bond donors (Lipinski definition) is 1. The van der Waals surface area contributed by atoms with Crippen molar-refractivity contribution in [3.05, 3.63) is 72.0 Å². The number of para-hydroxylation sites is 1. The monoisotopic (exact) mass is 461 g/mol. The number of aliphatic hydroxyl groups is 1. The third kappa shape index (κ3) is 4.37. The van der Waals surface area contributed by atoms with Gasteiger partial charge in [-0.2, -0.15) is 5.26 Å². The van der Waals surface area contributed by atoms with Crippen LogP contribution in [0.1, 0.15) is 5.01 Å². The van der Waals surface area contributed by atoms with Gasteiger partial charge in [-0.05, 0) is 36.4 Å². The van der Waals surface area contributed by atoms with E-state index in [2.05, 4.69) is 27.8 Å². The van der Waals surface area contributed by atoms with E-state index in [-0.39, 0.29) is 17.1 Å². The van der Waals surface area contributed by atoms with Gasteiger partial charge in [-0.3, -0.25) is 4.57 Å². The minimum Gasteiger partial charge on any atom is -0.510 e. The predicted octanol–water partition coefficient (Wildman–Crippen LogP) is 5.33. The van der Waals surface area contributed by atoms with Crippen molar-refractivity contribution in [2.45, 2.75) is 11.7 Å². The van der Waals surface area contributed by atoms with Gasteiger partial charge < -0.3 is 9.84 Å². The van der Waals surface area contributed by atoms with Crippen LogP contribution in [0.4, 0.5) is 0 Å². The number of aliphatic hydroxyl groups excluding tert-OH is 1. The van der Waals surface area contributed by atoms with E-state index in [4.69, 9.17) is 4.74 Å². The molecule has 0 unspecified atom stereocenters. The van der Waals surface area contributed by atoms with Crippen LogP contribution >= 0.6 is 23.1 Å². The van der Waals surface area contributed by atoms with Crippen LogP contribution in [-0.2, 0) is 6.54 Å². The molecule has 32 heavy (non-hydrogen) atoms. The SMILES string of the molecule is C=CCn1c(SC/C(O)=C(\C#N)c2nc3ccccc3s2)nnc1-c1ccc(OC)cc1. The summed E-state index contributed by atoms with van der Waals surface area (Å²) in [7, 11) is 1.62. The van der Waals surface area contributed by atoms with Gasteiger partial charge in [-0.15, -0.1) is 28.1 Å². The van der Waals surface area contributed by atoms with Crippen molar-refractivity contribution < 1.29 is 9.84 Å². The molecule has 1 N–H and O–H groups in total. The van der Waals surface area contributed by atoms with Crippen LogP contribution in [0.15, 0.2) is 72.1 Å². The van der Waals surface area contributed by atoms with Gasteiger partial charge in [-0.25, -0.2) is 4.98 Å². The maximum absolute atomic E-state index is 10.7. The number of methoxy groups -OCH3 is 1. The molecule has 2 aromatic heterocycles. The summed E-state index contributed by atoms with van der Waals surface area (Å²) in [6, 6.07) is 17.3. The van der Waals surface area contributed by atoms with E-state index in [1.807, 2.05) is 53.1 Å². The Morgan fingerprint density at radius 1 is 1.25 bits per heavy atom. The van der Waals surface area contributed by atoms with Gasteiger partial charge in [0.1, 0.15) is 28.2 Å². The molecule has 7 nitrogen and oxygen atoms in total. The third-order valence-electron chi connectivity index (χ3n) is 4.62. The molecular formula is C23H19N5O2S2. The van der Waals surface area contributed by atoms with Crippen LogP contribution in [0.2, 0.25) is 0 Å². The number of ether oxygens (including phenoxy) is 1. The second-order valence-corrected chi connectivity index (χ2v) is 8.62. The summed E-state index contributed by atoms with van der Waals surface area (Å²) in [5.74, 6) is 1.56. The highest BCUT2D eigenvalue weighted by Gasteiger charge is 2.17. The first-order valence-corrected chi connectivity index (χ1v) is 11.4. The fraction of sp³-hybridized carbons (Fsp3) is 0.130. The minimum atomic E-state index is -0.0456. The second-order valence-electron chi connectivity index (χ2n) is 6.64. The number of nitrogens with zero attached hydrogens (tertiary/aromatic N) is 5. The topological polar surface area (TPSA) is 96.9 Å². The summed E-state index contributed by atoms with van der Waals surface area (Å²) >= 11 is 2.68. The highest BCUT2D eigenvalue weighted by Crippen LogP contribution is 2.31. The van der Waals surface area contributed by atoms with E-state index in [1.165, 1.54) is 23.1 Å². The molecule has 0 aliphatic rings. The maximum Gasteiger partial charge on any atom is 0.192 e. The Kier molecular flexibility index (Phi) is 6.54. The Labute approximate surface area is 193 Å². The van der Waals surface area contributed by atoms with Crippen LogP contribution in [0.3, 0.4) is 0 Å². The molecule has 160 valence electrons. The fourth-order valence-electron chi connectivity index (χ4n) is 3.06. The normalized spacial score (nSPS) is 11.8. The van der Waals surface area contributed by atoms with Gasteiger partial charge in [0.05, 0.1) is 23.1 Å². The first-order chi connectivity index (χ1) is 15.6. The number of thiazole rings is 1. The third-order valence-corrected chi connectivity index (χ3v) is 6.65. The Bertz CT molecular complexity index is 1300. The molecule has 0 bridgehead atoms. The molecule has 0 fully saturated rings. The zero-order valence-electron chi connectivity index (χ0n) is 17.2. The van der Waals surface area contributed by atoms with Crippen molar-refractivity contribution in [1.29, 1.82) is 5.26 Å². The number of nitriles is 1. The zero-order valence-corrected chi connectivity index (χ0v) is 18.9. The summed E-state index contributed by atoms with van der Waals surface area (Å²) in [6.07, 6.45) is 1.76. The van der Waals surface area contributed by atoms with Crippen molar-refractivity contribution in [2.24, 2.45) is 0 Å². The van der Waals surface area contributed by atoms with E-state index in [0.29, 0.717) is 22.5 Å². The Morgan fingerprint density at radius 3 is 2.72 bits per heavy atom. The molecule has 0 amide bonds. The quantitative estimate of drug-likeness (QED) is 0.164. The highest BCUT2D eigenvalue weighted by atomic mass is 32.2. The lowest BCUT2D eigenvalue weighted by Crippen LogP contribution is -2.02. The van der Waals surface area contributed by atoms with Crippen LogP contribution in [-0.4, -0.2) is 37.7 Å². The first-order valence-electron chi connectivity index (χ1n) is 9.64. The molecule has 0 saturated carbocycles. The zero-order chi connectivity index (χ0) is 22.5. The molecule has 4 rings (SSSR count). The van der Waals surface area contributed by atoms with E-state index in [0.717, 1.165) is 21.5 Å². The molecule has 0 spiro atoms. The fourth-order valence-corrected chi connectivity index (χ4v) is 4.87. The number of thioether (sulfide) groups is 1. The molecule has 2 heterocycles. The minimum absolute atomic E-state index is 0.0456. The largest absolute Gasteiger partial charge is 0.510 e. The summed E-state index contributed by atoms with van der Waals surface area (Å²) in [5.41, 5.74) is 1.86. The lowest BCUT2D eigenvalue weighted by atomic mass is 10.2. The van der Waals surface area contributed by atoms with Crippen molar-refractivity contribution in [2.75, 3.05) is 12.9 Å². The smallest absolute Gasteiger partial charge is 0.192 e. The van der Waals surface area contributed by atoms with Crippen molar-refractivity contribution in [1.82, 2.24) is 19.7 Å². The Balaban J connectivity index is 1.59. The van der Waals surface area contributed by atoms with Gasteiger partial charge in [0.2, 0.25) is 0 Å². The predicted molar refractivity (Wildman–Crippen MR) is 128 cm³/mol. The molecule has 0 saturated heterocycles. The Hall–Kier alpha value is -3.61. The van der Waals surface area contributed by atoms with Gasteiger partial charge in [-0.1, -0.05) is 30.0 Å². The highest BCUT2D eigenvalue weighted by molar-refractivity contribution is 7.99. The second kappa shape index (κ2) is 9.68. The number of allylic oxidation sites excluding steroid dienone is 2. The standard InChI is InChI=1S/C23H19N5O2S2/c1-3-12-28-21(15-8-10-16(30-2)11-9-15)26-27-23(28)31-14-19(29)17(13-24)22-25-18-6-4-5-7-20(18)32-22/h3-11,29H,1,12,14H2,2H3/b19-17-. The van der Waals surface area contributed by atoms with Crippen molar-refractivity contribution in [3.63, 3.8) is 0 Å². The average Bonchev–Trinajstić information content (AvgIpc) is 3.42. The van der Waals surface area contributed by atoms with Gasteiger partial charge in [0.15, 0.2) is 11.0 Å². The van der Waals surface area contributed by atoms with Crippen LogP contribution < -0.4 is 4.74 Å². The van der Waals surface area contributed by atoms with Gasteiger partial charge >= 0.3 is 0 Å². The molecule has 0 radical (unpaired) electrons. The number of rotatable bonds is 8.